The highest BCUT2D eigenvalue weighted by atomic mass is 35.5. The van der Waals surface area contributed by atoms with E-state index in [9.17, 15) is 14.0 Å². The molecule has 0 aliphatic rings. The number of halogens is 2. The zero-order valence-electron chi connectivity index (χ0n) is 18.3. The first-order valence-electron chi connectivity index (χ1n) is 10.2. The number of hydrogen-bond donors (Lipinski definition) is 0. The minimum atomic E-state index is -0.754. The van der Waals surface area contributed by atoms with Crippen LogP contribution in [0.3, 0.4) is 0 Å². The Kier molecular flexibility index (Phi) is 6.16. The van der Waals surface area contributed by atoms with E-state index in [1.807, 2.05) is 48.7 Å². The minimum Gasteiger partial charge on any atom is -0.454 e. The molecule has 8 heteroatoms. The van der Waals surface area contributed by atoms with Crippen molar-refractivity contribution in [1.29, 1.82) is 0 Å². The van der Waals surface area contributed by atoms with Gasteiger partial charge in [-0.2, -0.15) is 5.10 Å². The van der Waals surface area contributed by atoms with Gasteiger partial charge in [-0.25, -0.2) is 13.9 Å². The summed E-state index contributed by atoms with van der Waals surface area (Å²) in [5.41, 5.74) is 3.97. The smallest absolute Gasteiger partial charge is 0.343 e. The van der Waals surface area contributed by atoms with Crippen molar-refractivity contribution < 1.29 is 18.7 Å². The van der Waals surface area contributed by atoms with Gasteiger partial charge < -0.3 is 9.30 Å². The number of hydrogen-bond acceptors (Lipinski definition) is 4. The van der Waals surface area contributed by atoms with Gasteiger partial charge in [0.05, 0.1) is 11.4 Å². The average Bonchev–Trinajstić information content (AvgIpc) is 3.27. The van der Waals surface area contributed by atoms with Crippen LogP contribution in [0.25, 0.3) is 11.4 Å². The largest absolute Gasteiger partial charge is 0.454 e. The Bertz CT molecular complexity index is 1340. The maximum Gasteiger partial charge on any atom is 0.343 e. The lowest BCUT2D eigenvalue weighted by molar-refractivity contribution is 0.0474. The minimum absolute atomic E-state index is 0.0267. The second-order valence-corrected chi connectivity index (χ2v) is 7.95. The molecule has 2 aromatic carbocycles. The summed E-state index contributed by atoms with van der Waals surface area (Å²) in [4.78, 5) is 25.6. The maximum atomic E-state index is 13.2. The van der Waals surface area contributed by atoms with Gasteiger partial charge >= 0.3 is 5.97 Å². The highest BCUT2D eigenvalue weighted by Crippen LogP contribution is 2.25. The molecule has 6 nitrogen and oxygen atoms in total. The fourth-order valence-corrected chi connectivity index (χ4v) is 4.13. The fraction of sp³-hybridized carbons (Fsp3) is 0.160. The van der Waals surface area contributed by atoms with Crippen LogP contribution in [0.5, 0.6) is 0 Å². The van der Waals surface area contributed by atoms with Gasteiger partial charge in [0.1, 0.15) is 16.5 Å². The predicted octanol–water partition coefficient (Wildman–Crippen LogP) is 5.42. The van der Waals surface area contributed by atoms with Gasteiger partial charge in [0.25, 0.3) is 0 Å². The van der Waals surface area contributed by atoms with E-state index in [-0.39, 0.29) is 16.5 Å². The molecule has 0 saturated heterocycles. The maximum absolute atomic E-state index is 13.2. The first kappa shape index (κ1) is 22.5. The predicted molar refractivity (Wildman–Crippen MR) is 123 cm³/mol. The quantitative estimate of drug-likeness (QED) is 0.281. The number of nitrogens with zero attached hydrogens (tertiary/aromatic N) is 3. The van der Waals surface area contributed by atoms with E-state index >= 15 is 0 Å². The van der Waals surface area contributed by atoms with Crippen LogP contribution < -0.4 is 0 Å². The molecule has 0 unspecified atom stereocenters. The lowest BCUT2D eigenvalue weighted by Crippen LogP contribution is -2.15. The highest BCUT2D eigenvalue weighted by molar-refractivity contribution is 6.33. The number of esters is 1. The molecule has 2 heterocycles. The summed E-state index contributed by atoms with van der Waals surface area (Å²) >= 11 is 6.37. The van der Waals surface area contributed by atoms with Crippen LogP contribution >= 0.6 is 11.6 Å². The zero-order chi connectivity index (χ0) is 23.7. The third kappa shape index (κ3) is 4.32. The number of carbonyl (C=O) groups is 2. The van der Waals surface area contributed by atoms with Gasteiger partial charge in [-0.15, -0.1) is 0 Å². The van der Waals surface area contributed by atoms with Gasteiger partial charge in [0.2, 0.25) is 5.78 Å². The number of ketones is 1. The lowest BCUT2D eigenvalue weighted by atomic mass is 10.1. The number of ether oxygens (including phenoxy) is 1. The second-order valence-electron chi connectivity index (χ2n) is 7.59. The van der Waals surface area contributed by atoms with E-state index in [2.05, 4.69) is 5.10 Å². The number of Topliss-reactive ketones (excluding diaryl/α,β-unsaturated/α-hetero) is 1. The van der Waals surface area contributed by atoms with Crippen LogP contribution in [0.1, 0.15) is 37.8 Å². The average molecular weight is 466 g/mol. The number of carbonyl (C=O) groups excluding carboxylic acids is 2. The third-order valence-electron chi connectivity index (χ3n) is 5.36. The van der Waals surface area contributed by atoms with E-state index in [4.69, 9.17) is 16.3 Å². The Morgan fingerprint density at radius 3 is 2.33 bits per heavy atom. The summed E-state index contributed by atoms with van der Waals surface area (Å²) in [6.45, 7) is 4.94. The van der Waals surface area contributed by atoms with E-state index < -0.39 is 18.4 Å². The molecule has 168 valence electrons. The topological polar surface area (TPSA) is 66.1 Å². The summed E-state index contributed by atoms with van der Waals surface area (Å²) in [7, 11) is 0. The van der Waals surface area contributed by atoms with Crippen molar-refractivity contribution in [3.05, 3.63) is 99.8 Å². The Labute approximate surface area is 195 Å². The molecule has 0 saturated carbocycles. The first-order valence-corrected chi connectivity index (χ1v) is 10.6. The molecule has 0 spiro atoms. The van der Waals surface area contributed by atoms with E-state index in [1.54, 1.807) is 13.0 Å². The van der Waals surface area contributed by atoms with Crippen LogP contribution in [0, 0.1) is 26.6 Å². The number of rotatable bonds is 6. The molecular weight excluding hydrogens is 445 g/mol. The molecule has 0 atom stereocenters. The molecule has 0 aliphatic carbocycles. The molecule has 0 fully saturated rings. The second kappa shape index (κ2) is 9.03. The Balaban J connectivity index is 1.52. The van der Waals surface area contributed by atoms with Crippen LogP contribution in [0.15, 0.2) is 60.7 Å². The van der Waals surface area contributed by atoms with Gasteiger partial charge in [-0.1, -0.05) is 29.8 Å². The molecule has 33 heavy (non-hydrogen) atoms. The van der Waals surface area contributed by atoms with Crippen molar-refractivity contribution in [3.63, 3.8) is 0 Å². The summed E-state index contributed by atoms with van der Waals surface area (Å²) in [6, 6.07) is 17.0. The van der Waals surface area contributed by atoms with Crippen molar-refractivity contribution in [2.24, 2.45) is 0 Å². The molecular formula is C25H21ClFN3O3. The SMILES string of the molecule is Cc1nn(-c2ccc(F)cc2)c(Cl)c1C(=O)OCC(=O)c1cc(C)n(-c2ccccc2)c1C. The number of aryl methyl sites for hydroxylation is 2. The third-order valence-corrected chi connectivity index (χ3v) is 5.71. The van der Waals surface area contributed by atoms with Gasteiger partial charge in [0.15, 0.2) is 6.61 Å². The van der Waals surface area contributed by atoms with Crippen LogP contribution in [0.2, 0.25) is 5.15 Å². The van der Waals surface area contributed by atoms with Gasteiger partial charge in [-0.05, 0) is 63.2 Å². The van der Waals surface area contributed by atoms with Crippen molar-refractivity contribution >= 4 is 23.4 Å². The Hall–Kier alpha value is -3.71. The van der Waals surface area contributed by atoms with Crippen molar-refractivity contribution in [1.82, 2.24) is 14.3 Å². The number of aromatic nitrogens is 3. The molecule has 0 N–H and O–H groups in total. The summed E-state index contributed by atoms with van der Waals surface area (Å²) in [5.74, 6) is -1.47. The molecule has 4 aromatic rings. The molecule has 0 radical (unpaired) electrons. The van der Waals surface area contributed by atoms with Gasteiger partial charge in [-0.3, -0.25) is 4.79 Å². The molecule has 0 amide bonds. The fourth-order valence-electron chi connectivity index (χ4n) is 3.78. The normalized spacial score (nSPS) is 10.9. The van der Waals surface area contributed by atoms with Crippen LogP contribution in [0.4, 0.5) is 4.39 Å². The molecule has 2 aromatic heterocycles. The number of para-hydroxylation sites is 1. The van der Waals surface area contributed by atoms with E-state index in [0.717, 1.165) is 17.1 Å². The van der Waals surface area contributed by atoms with E-state index in [0.29, 0.717) is 16.9 Å². The first-order chi connectivity index (χ1) is 15.8. The Morgan fingerprint density at radius 2 is 1.67 bits per heavy atom. The monoisotopic (exact) mass is 465 g/mol. The number of benzene rings is 2. The molecule has 0 aliphatic heterocycles. The summed E-state index contributed by atoms with van der Waals surface area (Å²) < 4.78 is 21.8. The van der Waals surface area contributed by atoms with Crippen molar-refractivity contribution in [2.45, 2.75) is 20.8 Å². The zero-order valence-corrected chi connectivity index (χ0v) is 19.1. The standard InChI is InChI=1S/C25H21ClFN3O3/c1-15-13-21(17(3)29(15)19-7-5-4-6-8-19)22(31)14-33-25(32)23-16(2)28-30(24(23)26)20-11-9-18(27)10-12-20/h4-13H,14H2,1-3H3. The van der Waals surface area contributed by atoms with Crippen molar-refractivity contribution in [3.8, 4) is 11.4 Å². The van der Waals surface area contributed by atoms with Gasteiger partial charge in [0, 0.05) is 22.6 Å². The Morgan fingerprint density at radius 1 is 1.00 bits per heavy atom. The van der Waals surface area contributed by atoms with Crippen molar-refractivity contribution in [2.75, 3.05) is 6.61 Å². The summed E-state index contributed by atoms with van der Waals surface area (Å²) in [5, 5.41) is 4.28. The van der Waals surface area contributed by atoms with E-state index in [1.165, 1.54) is 28.9 Å². The van der Waals surface area contributed by atoms with Crippen LogP contribution in [-0.2, 0) is 4.74 Å². The molecule has 4 rings (SSSR count). The molecule has 0 bridgehead atoms. The highest BCUT2D eigenvalue weighted by Gasteiger charge is 2.24. The summed E-state index contributed by atoms with van der Waals surface area (Å²) in [6.07, 6.45) is 0. The lowest BCUT2D eigenvalue weighted by Gasteiger charge is -2.09. The van der Waals surface area contributed by atoms with Crippen LogP contribution in [-0.4, -0.2) is 32.7 Å².